The van der Waals surface area contributed by atoms with Gasteiger partial charge in [0.05, 0.1) is 0 Å². The number of nitrogens with one attached hydrogen (secondary N) is 1. The van der Waals surface area contributed by atoms with Crippen molar-refractivity contribution in [2.24, 2.45) is 0 Å². The van der Waals surface area contributed by atoms with Crippen LogP contribution < -0.4 is 5.32 Å². The normalized spacial score (nSPS) is 14.1. The molecular weight excluding hydrogens is 274 g/mol. The number of anilines is 1. The van der Waals surface area contributed by atoms with E-state index < -0.39 is 0 Å². The molecule has 1 saturated carbocycles. The molecule has 2 aromatic rings. The molecule has 4 nitrogen and oxygen atoms in total. The Kier molecular flexibility index (Phi) is 3.40. The third-order valence-electron chi connectivity index (χ3n) is 3.36. The number of hydrogen-bond donors (Lipinski definition) is 1. The third kappa shape index (κ3) is 2.80. The van der Waals surface area contributed by atoms with Gasteiger partial charge >= 0.3 is 0 Å². The van der Waals surface area contributed by atoms with E-state index in [9.17, 15) is 4.79 Å². The Labute approximate surface area is 122 Å². The van der Waals surface area contributed by atoms with Gasteiger partial charge in [0, 0.05) is 22.3 Å². The van der Waals surface area contributed by atoms with E-state index in [1.165, 1.54) is 6.33 Å². The van der Waals surface area contributed by atoms with Gasteiger partial charge in [-0.15, -0.1) is 0 Å². The lowest BCUT2D eigenvalue weighted by molar-refractivity contribution is 0.102. The summed E-state index contributed by atoms with van der Waals surface area (Å²) in [7, 11) is 0. The Morgan fingerprint density at radius 2 is 2.10 bits per heavy atom. The zero-order chi connectivity index (χ0) is 14.1. The van der Waals surface area contributed by atoms with Crippen LogP contribution in [0, 0.1) is 6.92 Å². The molecule has 1 heterocycles. The van der Waals surface area contributed by atoms with Crippen LogP contribution in [0.3, 0.4) is 0 Å². The molecule has 1 N–H and O–H groups in total. The number of carbonyl (C=O) groups excluding carboxylic acids is 1. The smallest absolute Gasteiger partial charge is 0.274 e. The summed E-state index contributed by atoms with van der Waals surface area (Å²) in [5.41, 5.74) is 3.00. The first-order valence-electron chi connectivity index (χ1n) is 6.53. The highest BCUT2D eigenvalue weighted by molar-refractivity contribution is 6.31. The number of rotatable bonds is 3. The average Bonchev–Trinajstić information content (AvgIpc) is 3.27. The van der Waals surface area contributed by atoms with Gasteiger partial charge in [-0.25, -0.2) is 9.97 Å². The van der Waals surface area contributed by atoms with Gasteiger partial charge in [-0.05, 0) is 43.5 Å². The molecule has 0 aliphatic heterocycles. The summed E-state index contributed by atoms with van der Waals surface area (Å²) >= 11 is 5.94. The molecular formula is C15H14ClN3O. The van der Waals surface area contributed by atoms with Gasteiger partial charge in [0.1, 0.15) is 12.0 Å². The summed E-state index contributed by atoms with van der Waals surface area (Å²) < 4.78 is 0. The molecule has 102 valence electrons. The van der Waals surface area contributed by atoms with Gasteiger partial charge < -0.3 is 5.32 Å². The third-order valence-corrected chi connectivity index (χ3v) is 3.60. The van der Waals surface area contributed by atoms with Crippen LogP contribution in [0.25, 0.3) is 0 Å². The predicted octanol–water partition coefficient (Wildman–Crippen LogP) is 3.57. The topological polar surface area (TPSA) is 54.9 Å². The Morgan fingerprint density at radius 1 is 1.30 bits per heavy atom. The van der Waals surface area contributed by atoms with E-state index >= 15 is 0 Å². The lowest BCUT2D eigenvalue weighted by Gasteiger charge is -2.08. The molecule has 3 rings (SSSR count). The lowest BCUT2D eigenvalue weighted by atomic mass is 10.2. The summed E-state index contributed by atoms with van der Waals surface area (Å²) in [5, 5.41) is 3.43. The molecule has 0 saturated heterocycles. The van der Waals surface area contributed by atoms with Crippen molar-refractivity contribution in [3.63, 3.8) is 0 Å². The second-order valence-electron chi connectivity index (χ2n) is 5.02. The van der Waals surface area contributed by atoms with E-state index in [2.05, 4.69) is 15.3 Å². The fourth-order valence-corrected chi connectivity index (χ4v) is 2.19. The van der Waals surface area contributed by atoms with Gasteiger partial charge in [0.15, 0.2) is 0 Å². The zero-order valence-corrected chi connectivity index (χ0v) is 11.8. The standard InChI is InChI=1S/C15H14ClN3O/c1-9-2-5-11(16)6-12(9)19-15(20)14-7-13(10-3-4-10)17-8-18-14/h2,5-8,10H,3-4H2,1H3,(H,19,20). The highest BCUT2D eigenvalue weighted by atomic mass is 35.5. The van der Waals surface area contributed by atoms with Crippen LogP contribution in [0.2, 0.25) is 5.02 Å². The van der Waals surface area contributed by atoms with Crippen molar-refractivity contribution >= 4 is 23.2 Å². The minimum Gasteiger partial charge on any atom is -0.320 e. The van der Waals surface area contributed by atoms with E-state index in [1.807, 2.05) is 13.0 Å². The Morgan fingerprint density at radius 3 is 2.85 bits per heavy atom. The van der Waals surface area contributed by atoms with E-state index in [-0.39, 0.29) is 5.91 Å². The van der Waals surface area contributed by atoms with Gasteiger partial charge in [-0.2, -0.15) is 0 Å². The number of aromatic nitrogens is 2. The molecule has 1 amide bonds. The van der Waals surface area contributed by atoms with E-state index in [1.54, 1.807) is 18.2 Å². The molecule has 1 aromatic heterocycles. The van der Waals surface area contributed by atoms with Crippen molar-refractivity contribution < 1.29 is 4.79 Å². The fraction of sp³-hybridized carbons (Fsp3) is 0.267. The second kappa shape index (κ2) is 5.21. The van der Waals surface area contributed by atoms with Crippen LogP contribution in [0.5, 0.6) is 0 Å². The second-order valence-corrected chi connectivity index (χ2v) is 5.45. The number of aryl methyl sites for hydroxylation is 1. The highest BCUT2D eigenvalue weighted by Gasteiger charge is 2.26. The fourth-order valence-electron chi connectivity index (χ4n) is 2.01. The maximum Gasteiger partial charge on any atom is 0.274 e. The van der Waals surface area contributed by atoms with Crippen molar-refractivity contribution in [3.05, 3.63) is 52.6 Å². The number of nitrogens with zero attached hydrogens (tertiary/aromatic N) is 2. The number of carbonyl (C=O) groups is 1. The molecule has 0 spiro atoms. The molecule has 0 bridgehead atoms. The van der Waals surface area contributed by atoms with Gasteiger partial charge in [0.25, 0.3) is 5.91 Å². The Hall–Kier alpha value is -1.94. The largest absolute Gasteiger partial charge is 0.320 e. The molecule has 5 heteroatoms. The molecule has 0 atom stereocenters. The maximum absolute atomic E-state index is 12.2. The summed E-state index contributed by atoms with van der Waals surface area (Å²) in [5.74, 6) is 0.261. The number of amides is 1. The molecule has 20 heavy (non-hydrogen) atoms. The van der Waals surface area contributed by atoms with Gasteiger partial charge in [0.2, 0.25) is 0 Å². The van der Waals surface area contributed by atoms with E-state index in [0.717, 1.165) is 24.1 Å². The minimum absolute atomic E-state index is 0.236. The van der Waals surface area contributed by atoms with Crippen molar-refractivity contribution in [2.75, 3.05) is 5.32 Å². The monoisotopic (exact) mass is 287 g/mol. The molecule has 0 radical (unpaired) electrons. The lowest BCUT2D eigenvalue weighted by Crippen LogP contribution is -2.15. The quantitative estimate of drug-likeness (QED) is 0.939. The van der Waals surface area contributed by atoms with Crippen molar-refractivity contribution in [1.29, 1.82) is 0 Å². The van der Waals surface area contributed by atoms with E-state index in [0.29, 0.717) is 22.3 Å². The molecule has 1 fully saturated rings. The van der Waals surface area contributed by atoms with Gasteiger partial charge in [-0.1, -0.05) is 17.7 Å². The summed E-state index contributed by atoms with van der Waals surface area (Å²) in [6, 6.07) is 7.17. The van der Waals surface area contributed by atoms with Gasteiger partial charge in [-0.3, -0.25) is 4.79 Å². The maximum atomic E-state index is 12.2. The van der Waals surface area contributed by atoms with Crippen LogP contribution in [-0.4, -0.2) is 15.9 Å². The van der Waals surface area contributed by atoms with Crippen LogP contribution in [0.1, 0.15) is 40.5 Å². The first kappa shape index (κ1) is 13.1. The Bertz CT molecular complexity index is 668. The average molecular weight is 288 g/mol. The molecule has 0 unspecified atom stereocenters. The SMILES string of the molecule is Cc1ccc(Cl)cc1NC(=O)c1cc(C2CC2)ncn1. The zero-order valence-electron chi connectivity index (χ0n) is 11.1. The summed E-state index contributed by atoms with van der Waals surface area (Å²) in [4.78, 5) is 20.5. The van der Waals surface area contributed by atoms with Crippen LogP contribution >= 0.6 is 11.6 Å². The highest BCUT2D eigenvalue weighted by Crippen LogP contribution is 2.38. The minimum atomic E-state index is -0.236. The Balaban J connectivity index is 1.82. The number of halogens is 1. The van der Waals surface area contributed by atoms with Crippen molar-refractivity contribution in [2.45, 2.75) is 25.7 Å². The van der Waals surface area contributed by atoms with E-state index in [4.69, 9.17) is 11.6 Å². The van der Waals surface area contributed by atoms with Crippen LogP contribution in [0.15, 0.2) is 30.6 Å². The summed E-state index contributed by atoms with van der Waals surface area (Å²) in [6.45, 7) is 1.92. The summed E-state index contributed by atoms with van der Waals surface area (Å²) in [6.07, 6.45) is 3.74. The first-order chi connectivity index (χ1) is 9.63. The van der Waals surface area contributed by atoms with Crippen LogP contribution in [0.4, 0.5) is 5.69 Å². The number of benzene rings is 1. The molecule has 1 aliphatic carbocycles. The van der Waals surface area contributed by atoms with Crippen molar-refractivity contribution in [3.8, 4) is 0 Å². The number of hydrogen-bond acceptors (Lipinski definition) is 3. The molecule has 1 aromatic carbocycles. The predicted molar refractivity (Wildman–Crippen MR) is 78.1 cm³/mol. The van der Waals surface area contributed by atoms with Crippen LogP contribution in [-0.2, 0) is 0 Å². The first-order valence-corrected chi connectivity index (χ1v) is 6.91. The van der Waals surface area contributed by atoms with Crippen molar-refractivity contribution in [1.82, 2.24) is 9.97 Å². The molecule has 1 aliphatic rings.